The Morgan fingerprint density at radius 1 is 0.972 bits per heavy atom. The van der Waals surface area contributed by atoms with E-state index >= 15 is 0 Å². The van der Waals surface area contributed by atoms with E-state index in [1.165, 1.54) is 17.7 Å². The van der Waals surface area contributed by atoms with E-state index in [1.807, 2.05) is 24.3 Å². The van der Waals surface area contributed by atoms with E-state index in [2.05, 4.69) is 30.8 Å². The van der Waals surface area contributed by atoms with Gasteiger partial charge in [0, 0.05) is 42.1 Å². The number of ether oxygens (including phenoxy) is 1. The van der Waals surface area contributed by atoms with Crippen LogP contribution >= 0.6 is 11.3 Å². The van der Waals surface area contributed by atoms with Gasteiger partial charge in [0.15, 0.2) is 0 Å². The molecular weight excluding hydrogens is 478 g/mol. The second kappa shape index (κ2) is 10.7. The molecule has 2 aromatic carbocycles. The molecule has 36 heavy (non-hydrogen) atoms. The zero-order chi connectivity index (χ0) is 24.9. The van der Waals surface area contributed by atoms with Crippen LogP contribution in [0.4, 0.5) is 27.7 Å². The number of morpholine rings is 1. The summed E-state index contributed by atoms with van der Waals surface area (Å²) in [4.78, 5) is 36.4. The number of nitrogens with one attached hydrogen (secondary N) is 3. The van der Waals surface area contributed by atoms with Gasteiger partial charge < -0.3 is 26.4 Å². The van der Waals surface area contributed by atoms with Gasteiger partial charge >= 0.3 is 6.03 Å². The maximum Gasteiger partial charge on any atom is 0.323 e. The molecule has 1 aliphatic heterocycles. The van der Waals surface area contributed by atoms with Crippen molar-refractivity contribution in [3.8, 4) is 0 Å². The molecule has 4 aromatic rings. The van der Waals surface area contributed by atoms with Crippen LogP contribution in [0.3, 0.4) is 0 Å². The molecule has 1 saturated heterocycles. The lowest BCUT2D eigenvalue weighted by atomic mass is 10.2. The van der Waals surface area contributed by atoms with Gasteiger partial charge in [-0.1, -0.05) is 12.1 Å². The number of fused-ring (bicyclic) bond motifs is 1. The van der Waals surface area contributed by atoms with Gasteiger partial charge in [0.1, 0.15) is 17.0 Å². The lowest BCUT2D eigenvalue weighted by Crippen LogP contribution is -2.35. The van der Waals surface area contributed by atoms with Gasteiger partial charge in [-0.15, -0.1) is 11.3 Å². The van der Waals surface area contributed by atoms with Gasteiger partial charge in [0.25, 0.3) is 5.91 Å². The molecule has 1 aliphatic rings. The Morgan fingerprint density at radius 3 is 2.47 bits per heavy atom. The third-order valence-electron chi connectivity index (χ3n) is 5.74. The van der Waals surface area contributed by atoms with Crippen molar-refractivity contribution in [2.45, 2.75) is 6.54 Å². The minimum atomic E-state index is -0.351. The number of nitrogen functional groups attached to an aromatic ring is 1. The van der Waals surface area contributed by atoms with Crippen molar-refractivity contribution in [1.29, 1.82) is 0 Å². The van der Waals surface area contributed by atoms with Crippen molar-refractivity contribution < 1.29 is 14.3 Å². The molecule has 2 aromatic heterocycles. The largest absolute Gasteiger partial charge is 0.383 e. The van der Waals surface area contributed by atoms with Crippen LogP contribution in [0, 0.1) is 0 Å². The molecule has 10 nitrogen and oxygen atoms in total. The van der Waals surface area contributed by atoms with E-state index in [0.29, 0.717) is 32.8 Å². The Bertz CT molecular complexity index is 1380. The minimum absolute atomic E-state index is 0.267. The highest BCUT2D eigenvalue weighted by molar-refractivity contribution is 7.17. The Balaban J connectivity index is 1.17. The average Bonchev–Trinajstić information content (AvgIpc) is 3.32. The van der Waals surface area contributed by atoms with Gasteiger partial charge in [0.05, 0.1) is 24.2 Å². The number of nitrogens with two attached hydrogens (primary N) is 1. The predicted octanol–water partition coefficient (Wildman–Crippen LogP) is 4.00. The van der Waals surface area contributed by atoms with Gasteiger partial charge in [-0.3, -0.25) is 9.69 Å². The minimum Gasteiger partial charge on any atom is -0.383 e. The average molecular weight is 504 g/mol. The highest BCUT2D eigenvalue weighted by atomic mass is 32.1. The van der Waals surface area contributed by atoms with E-state index in [9.17, 15) is 9.59 Å². The number of thiophene rings is 1. The first kappa shape index (κ1) is 23.7. The second-order valence-electron chi connectivity index (χ2n) is 8.29. The Labute approximate surface area is 211 Å². The van der Waals surface area contributed by atoms with Crippen molar-refractivity contribution in [1.82, 2.24) is 14.9 Å². The number of hydrogen-bond acceptors (Lipinski definition) is 8. The molecule has 0 bridgehead atoms. The van der Waals surface area contributed by atoms with Crippen LogP contribution in [0.25, 0.3) is 10.2 Å². The van der Waals surface area contributed by atoms with E-state index in [1.54, 1.807) is 29.6 Å². The molecule has 1 fully saturated rings. The summed E-state index contributed by atoms with van der Waals surface area (Å²) >= 11 is 1.33. The van der Waals surface area contributed by atoms with Crippen LogP contribution in [-0.2, 0) is 11.3 Å². The normalized spacial score (nSPS) is 13.9. The highest BCUT2D eigenvalue weighted by Gasteiger charge is 2.16. The first-order valence-electron chi connectivity index (χ1n) is 11.4. The number of aromatic nitrogens is 2. The van der Waals surface area contributed by atoms with Crippen molar-refractivity contribution in [2.75, 3.05) is 48.0 Å². The fourth-order valence-corrected chi connectivity index (χ4v) is 4.85. The van der Waals surface area contributed by atoms with Crippen LogP contribution in [0.1, 0.15) is 15.9 Å². The SMILES string of the molecule is Nc1ncnc2scc(C(=O)Nc3ccc(NC(=O)Nc4cccc(CN5CCOCC5)c4)cc3)c12. The summed E-state index contributed by atoms with van der Waals surface area (Å²) in [5.41, 5.74) is 9.36. The van der Waals surface area contributed by atoms with Crippen LogP contribution in [-0.4, -0.2) is 53.1 Å². The maximum atomic E-state index is 12.8. The number of carbonyl (C=O) groups excluding carboxylic acids is 2. The van der Waals surface area contributed by atoms with Gasteiger partial charge in [-0.25, -0.2) is 14.8 Å². The van der Waals surface area contributed by atoms with Crippen LogP contribution in [0.5, 0.6) is 0 Å². The predicted molar refractivity (Wildman–Crippen MR) is 141 cm³/mol. The fraction of sp³-hybridized carbons (Fsp3) is 0.200. The molecule has 3 heterocycles. The number of benzene rings is 2. The Kier molecular flexibility index (Phi) is 7.03. The molecule has 0 unspecified atom stereocenters. The third kappa shape index (κ3) is 5.60. The first-order chi connectivity index (χ1) is 17.5. The number of nitrogens with zero attached hydrogens (tertiary/aromatic N) is 3. The number of amides is 3. The van der Waals surface area contributed by atoms with Gasteiger partial charge in [0.2, 0.25) is 0 Å². The van der Waals surface area contributed by atoms with Gasteiger partial charge in [-0.05, 0) is 42.0 Å². The summed E-state index contributed by atoms with van der Waals surface area (Å²) in [6.07, 6.45) is 1.37. The number of hydrogen-bond donors (Lipinski definition) is 4. The van der Waals surface area contributed by atoms with Crippen molar-refractivity contribution in [3.63, 3.8) is 0 Å². The molecule has 0 saturated carbocycles. The maximum absolute atomic E-state index is 12.8. The molecule has 5 N–H and O–H groups in total. The smallest absolute Gasteiger partial charge is 0.323 e. The Morgan fingerprint density at radius 2 is 1.69 bits per heavy atom. The number of anilines is 4. The quantitative estimate of drug-likeness (QED) is 0.312. The summed E-state index contributed by atoms with van der Waals surface area (Å²) in [6, 6.07) is 14.3. The summed E-state index contributed by atoms with van der Waals surface area (Å²) < 4.78 is 5.40. The highest BCUT2D eigenvalue weighted by Crippen LogP contribution is 2.28. The van der Waals surface area contributed by atoms with Crippen LogP contribution in [0.15, 0.2) is 60.2 Å². The molecule has 0 aliphatic carbocycles. The Hall–Kier alpha value is -4.06. The molecule has 184 valence electrons. The number of urea groups is 1. The number of rotatable bonds is 6. The zero-order valence-electron chi connectivity index (χ0n) is 19.4. The van der Waals surface area contributed by atoms with Gasteiger partial charge in [-0.2, -0.15) is 0 Å². The molecule has 0 radical (unpaired) electrons. The van der Waals surface area contributed by atoms with Crippen molar-refractivity contribution in [3.05, 3.63) is 71.4 Å². The third-order valence-corrected chi connectivity index (χ3v) is 6.63. The summed E-state index contributed by atoms with van der Waals surface area (Å²) in [6.45, 7) is 4.12. The first-order valence-corrected chi connectivity index (χ1v) is 12.3. The molecule has 5 rings (SSSR count). The monoisotopic (exact) mass is 503 g/mol. The molecule has 0 spiro atoms. The lowest BCUT2D eigenvalue weighted by molar-refractivity contribution is 0.0342. The lowest BCUT2D eigenvalue weighted by Gasteiger charge is -2.26. The van der Waals surface area contributed by atoms with E-state index in [4.69, 9.17) is 10.5 Å². The summed E-state index contributed by atoms with van der Waals surface area (Å²) in [5.74, 6) is -0.0400. The number of carbonyl (C=O) groups is 2. The molecular formula is C25H25N7O3S. The topological polar surface area (TPSA) is 134 Å². The van der Waals surface area contributed by atoms with E-state index in [0.717, 1.165) is 38.4 Å². The zero-order valence-corrected chi connectivity index (χ0v) is 20.2. The van der Waals surface area contributed by atoms with Crippen LogP contribution in [0.2, 0.25) is 0 Å². The second-order valence-corrected chi connectivity index (χ2v) is 9.15. The molecule has 0 atom stereocenters. The van der Waals surface area contributed by atoms with Crippen molar-refractivity contribution in [2.24, 2.45) is 0 Å². The van der Waals surface area contributed by atoms with E-state index < -0.39 is 0 Å². The van der Waals surface area contributed by atoms with E-state index in [-0.39, 0.29) is 17.8 Å². The summed E-state index contributed by atoms with van der Waals surface area (Å²) in [5, 5.41) is 10.8. The van der Waals surface area contributed by atoms with Crippen LogP contribution < -0.4 is 21.7 Å². The standard InChI is InChI=1S/C25H25N7O3S/c26-22-21-20(14-36-24(21)28-15-27-22)23(33)29-17-4-6-18(7-5-17)30-25(34)31-19-3-1-2-16(12-19)13-32-8-10-35-11-9-32/h1-7,12,14-15H,8-11,13H2,(H,29,33)(H2,26,27,28)(H2,30,31,34). The fourth-order valence-electron chi connectivity index (χ4n) is 3.96. The van der Waals surface area contributed by atoms with Crippen molar-refractivity contribution >= 4 is 56.4 Å². The molecule has 3 amide bonds. The molecule has 11 heteroatoms. The summed E-state index contributed by atoms with van der Waals surface area (Å²) in [7, 11) is 0.